The van der Waals surface area contributed by atoms with Crippen molar-refractivity contribution in [3.05, 3.63) is 70.5 Å². The molecule has 144 valence electrons. The SMILES string of the molecule is COc1ccnc(C#C/C=C2\CCN(C(=O)c3cccc(Cl)c3)CC2(C)C)c1. The van der Waals surface area contributed by atoms with Gasteiger partial charge in [-0.3, -0.25) is 4.79 Å². The van der Waals surface area contributed by atoms with E-state index in [-0.39, 0.29) is 11.3 Å². The fourth-order valence-electron chi connectivity index (χ4n) is 3.30. The molecule has 1 fully saturated rings. The maximum Gasteiger partial charge on any atom is 0.253 e. The first-order chi connectivity index (χ1) is 13.4. The number of hydrogen-bond acceptors (Lipinski definition) is 3. The molecule has 0 radical (unpaired) electrons. The standard InChI is InChI=1S/C23H23ClN2O2/c1-23(2)16-26(22(27)17-6-4-8-19(24)14-17)13-11-18(23)7-5-9-20-15-21(28-3)10-12-25-20/h4,6-8,10,12,14-15H,11,13,16H2,1-3H3/b18-7+. The van der Waals surface area contributed by atoms with Gasteiger partial charge in [-0.25, -0.2) is 4.98 Å². The molecule has 1 amide bonds. The van der Waals surface area contributed by atoms with Crippen molar-refractivity contribution in [1.82, 2.24) is 9.88 Å². The highest BCUT2D eigenvalue weighted by Crippen LogP contribution is 2.34. The second-order valence-electron chi connectivity index (χ2n) is 7.39. The Morgan fingerprint density at radius 3 is 2.86 bits per heavy atom. The molecular weight excluding hydrogens is 372 g/mol. The number of allylic oxidation sites excluding steroid dienone is 1. The Labute approximate surface area is 171 Å². The molecule has 1 aliphatic rings. The molecule has 3 rings (SSSR count). The van der Waals surface area contributed by atoms with Gasteiger partial charge in [-0.1, -0.05) is 43.0 Å². The highest BCUT2D eigenvalue weighted by atomic mass is 35.5. The van der Waals surface area contributed by atoms with Gasteiger partial charge in [-0.05, 0) is 42.7 Å². The number of rotatable bonds is 2. The lowest BCUT2D eigenvalue weighted by Crippen LogP contribution is -2.44. The van der Waals surface area contributed by atoms with Crippen molar-refractivity contribution in [2.24, 2.45) is 5.41 Å². The minimum Gasteiger partial charge on any atom is -0.497 e. The minimum absolute atomic E-state index is 0.0151. The molecular formula is C23H23ClN2O2. The molecule has 1 aromatic carbocycles. The molecule has 4 nitrogen and oxygen atoms in total. The first kappa shape index (κ1) is 20.0. The van der Waals surface area contributed by atoms with Gasteiger partial charge in [0.1, 0.15) is 11.4 Å². The third-order valence-corrected chi connectivity index (χ3v) is 5.11. The first-order valence-corrected chi connectivity index (χ1v) is 9.53. The number of methoxy groups -OCH3 is 1. The van der Waals surface area contributed by atoms with E-state index in [4.69, 9.17) is 16.3 Å². The second-order valence-corrected chi connectivity index (χ2v) is 7.83. The molecule has 2 aromatic rings. The molecule has 28 heavy (non-hydrogen) atoms. The molecule has 1 aliphatic heterocycles. The van der Waals surface area contributed by atoms with E-state index in [1.54, 1.807) is 43.6 Å². The van der Waals surface area contributed by atoms with Crippen LogP contribution in [0, 0.1) is 17.3 Å². The van der Waals surface area contributed by atoms with Crippen LogP contribution in [-0.4, -0.2) is 36.0 Å². The largest absolute Gasteiger partial charge is 0.497 e. The monoisotopic (exact) mass is 394 g/mol. The highest BCUT2D eigenvalue weighted by Gasteiger charge is 2.33. The van der Waals surface area contributed by atoms with Crippen molar-refractivity contribution in [2.45, 2.75) is 20.3 Å². The smallest absolute Gasteiger partial charge is 0.253 e. The lowest BCUT2D eigenvalue weighted by molar-refractivity contribution is 0.0663. The third-order valence-electron chi connectivity index (χ3n) is 4.88. The number of ether oxygens (including phenoxy) is 1. The number of benzene rings is 1. The fraction of sp³-hybridized carbons (Fsp3) is 0.304. The topological polar surface area (TPSA) is 42.4 Å². The molecule has 0 saturated carbocycles. The van der Waals surface area contributed by atoms with Crippen molar-refractivity contribution in [3.8, 4) is 17.6 Å². The van der Waals surface area contributed by atoms with Crippen LogP contribution in [0.2, 0.25) is 5.02 Å². The van der Waals surface area contributed by atoms with E-state index >= 15 is 0 Å². The zero-order valence-corrected chi connectivity index (χ0v) is 17.1. The average molecular weight is 395 g/mol. The maximum atomic E-state index is 12.8. The Balaban J connectivity index is 1.72. The van der Waals surface area contributed by atoms with Gasteiger partial charge in [0.25, 0.3) is 5.91 Å². The normalized spacial score (nSPS) is 17.0. The Morgan fingerprint density at radius 2 is 2.14 bits per heavy atom. The van der Waals surface area contributed by atoms with Gasteiger partial charge >= 0.3 is 0 Å². The number of amides is 1. The minimum atomic E-state index is -0.150. The van der Waals surface area contributed by atoms with Crippen LogP contribution in [0.3, 0.4) is 0 Å². The molecule has 0 atom stereocenters. The molecule has 0 N–H and O–H groups in total. The zero-order chi connectivity index (χ0) is 20.1. The number of carbonyl (C=O) groups excluding carboxylic acids is 1. The summed E-state index contributed by atoms with van der Waals surface area (Å²) in [4.78, 5) is 18.9. The number of nitrogens with zero attached hydrogens (tertiary/aromatic N) is 2. The summed E-state index contributed by atoms with van der Waals surface area (Å²) >= 11 is 6.03. The van der Waals surface area contributed by atoms with Crippen molar-refractivity contribution in [2.75, 3.05) is 20.2 Å². The highest BCUT2D eigenvalue weighted by molar-refractivity contribution is 6.30. The number of halogens is 1. The van der Waals surface area contributed by atoms with E-state index in [0.717, 1.165) is 12.2 Å². The number of hydrogen-bond donors (Lipinski definition) is 0. The lowest BCUT2D eigenvalue weighted by Gasteiger charge is -2.40. The summed E-state index contributed by atoms with van der Waals surface area (Å²) in [6, 6.07) is 10.7. The summed E-state index contributed by atoms with van der Waals surface area (Å²) < 4.78 is 5.19. The van der Waals surface area contributed by atoms with Crippen LogP contribution in [0.4, 0.5) is 0 Å². The summed E-state index contributed by atoms with van der Waals surface area (Å²) in [5.74, 6) is 6.92. The van der Waals surface area contributed by atoms with Crippen molar-refractivity contribution in [1.29, 1.82) is 0 Å². The molecule has 0 spiro atoms. The summed E-state index contributed by atoms with van der Waals surface area (Å²) in [6.45, 7) is 5.59. The summed E-state index contributed by atoms with van der Waals surface area (Å²) in [6.07, 6.45) is 4.43. The molecule has 0 aliphatic carbocycles. The van der Waals surface area contributed by atoms with Crippen LogP contribution >= 0.6 is 11.6 Å². The first-order valence-electron chi connectivity index (χ1n) is 9.15. The summed E-state index contributed by atoms with van der Waals surface area (Å²) in [5.41, 5.74) is 2.38. The Morgan fingerprint density at radius 1 is 1.32 bits per heavy atom. The van der Waals surface area contributed by atoms with E-state index in [1.165, 1.54) is 5.57 Å². The number of aromatic nitrogens is 1. The quantitative estimate of drug-likeness (QED) is 0.699. The number of pyridine rings is 1. The van der Waals surface area contributed by atoms with E-state index in [1.807, 2.05) is 17.0 Å². The number of likely N-dealkylation sites (tertiary alicyclic amines) is 1. The van der Waals surface area contributed by atoms with Gasteiger partial charge in [-0.2, -0.15) is 0 Å². The van der Waals surface area contributed by atoms with E-state index in [9.17, 15) is 4.79 Å². The van der Waals surface area contributed by atoms with Gasteiger partial charge in [0, 0.05) is 41.4 Å². The molecule has 0 unspecified atom stereocenters. The second kappa shape index (κ2) is 8.50. The Hall–Kier alpha value is -2.77. The number of carbonyl (C=O) groups is 1. The van der Waals surface area contributed by atoms with Gasteiger partial charge in [-0.15, -0.1) is 0 Å². The van der Waals surface area contributed by atoms with Crippen LogP contribution < -0.4 is 4.74 Å². The summed E-state index contributed by atoms with van der Waals surface area (Å²) in [7, 11) is 1.62. The predicted octanol–water partition coefficient (Wildman–Crippen LogP) is 4.59. The molecule has 1 saturated heterocycles. The zero-order valence-electron chi connectivity index (χ0n) is 16.3. The van der Waals surface area contributed by atoms with Gasteiger partial charge in [0.15, 0.2) is 0 Å². The molecule has 5 heteroatoms. The van der Waals surface area contributed by atoms with Crippen LogP contribution in [-0.2, 0) is 0 Å². The van der Waals surface area contributed by atoms with Crippen molar-refractivity contribution >= 4 is 17.5 Å². The van der Waals surface area contributed by atoms with Crippen LogP contribution in [0.1, 0.15) is 36.3 Å². The Bertz CT molecular complexity index is 970. The van der Waals surface area contributed by atoms with E-state index < -0.39 is 0 Å². The van der Waals surface area contributed by atoms with Gasteiger partial charge < -0.3 is 9.64 Å². The van der Waals surface area contributed by atoms with Gasteiger partial charge in [0.2, 0.25) is 0 Å². The lowest BCUT2D eigenvalue weighted by atomic mass is 9.78. The average Bonchev–Trinajstić information content (AvgIpc) is 2.68. The predicted molar refractivity (Wildman–Crippen MR) is 112 cm³/mol. The van der Waals surface area contributed by atoms with Crippen molar-refractivity contribution in [3.63, 3.8) is 0 Å². The van der Waals surface area contributed by atoms with Gasteiger partial charge in [0.05, 0.1) is 7.11 Å². The maximum absolute atomic E-state index is 12.8. The summed E-state index contributed by atoms with van der Waals surface area (Å²) in [5, 5.41) is 0.573. The van der Waals surface area contributed by atoms with Crippen LogP contribution in [0.25, 0.3) is 0 Å². The molecule has 2 heterocycles. The van der Waals surface area contributed by atoms with Crippen molar-refractivity contribution < 1.29 is 9.53 Å². The molecule has 1 aromatic heterocycles. The van der Waals surface area contributed by atoms with E-state index in [2.05, 4.69) is 30.7 Å². The number of piperidine rings is 1. The van der Waals surface area contributed by atoms with E-state index in [0.29, 0.717) is 29.4 Å². The van der Waals surface area contributed by atoms with Crippen LogP contribution in [0.15, 0.2) is 54.2 Å². The fourth-order valence-corrected chi connectivity index (χ4v) is 3.49. The molecule has 0 bridgehead atoms. The Kier molecular flexibility index (Phi) is 6.06. The van der Waals surface area contributed by atoms with Crippen LogP contribution in [0.5, 0.6) is 5.75 Å². The third kappa shape index (κ3) is 4.74.